The molecule has 0 spiro atoms. The summed E-state index contributed by atoms with van der Waals surface area (Å²) in [5, 5.41) is 0.571. The lowest BCUT2D eigenvalue weighted by Crippen LogP contribution is -2.43. The summed E-state index contributed by atoms with van der Waals surface area (Å²) in [6.07, 6.45) is -0.171. The van der Waals surface area contributed by atoms with Gasteiger partial charge in [0.15, 0.2) is 0 Å². The van der Waals surface area contributed by atoms with Crippen LogP contribution in [0.25, 0.3) is 0 Å². The third-order valence-corrected chi connectivity index (χ3v) is 7.18. The van der Waals surface area contributed by atoms with Gasteiger partial charge in [-0.25, -0.2) is 0 Å². The summed E-state index contributed by atoms with van der Waals surface area (Å²) in [7, 11) is 3.12. The fourth-order valence-corrected chi connectivity index (χ4v) is 4.28. The predicted molar refractivity (Wildman–Crippen MR) is 76.5 cm³/mol. The molecule has 102 valence electrons. The van der Waals surface area contributed by atoms with Crippen molar-refractivity contribution in [3.8, 4) is 5.75 Å². The molecule has 0 saturated carbocycles. The quantitative estimate of drug-likeness (QED) is 0.620. The molecule has 0 aliphatic carbocycles. The van der Waals surface area contributed by atoms with Crippen LogP contribution in [-0.2, 0) is 21.4 Å². The van der Waals surface area contributed by atoms with Crippen LogP contribution in [0.1, 0.15) is 6.42 Å². The number of hydrogen-bond acceptors (Lipinski definition) is 4. The molecule has 19 heavy (non-hydrogen) atoms. The van der Waals surface area contributed by atoms with Gasteiger partial charge in [-0.1, -0.05) is 11.6 Å². The number of halogens is 1. The van der Waals surface area contributed by atoms with Crippen LogP contribution in [0.3, 0.4) is 0 Å². The highest BCUT2D eigenvalue weighted by molar-refractivity contribution is 8.10. The molecule has 0 aromatic heterocycles. The molecule has 1 aromatic carbocycles. The van der Waals surface area contributed by atoms with Gasteiger partial charge < -0.3 is 4.52 Å². The first-order valence-electron chi connectivity index (χ1n) is 5.44. The number of carbonyl (C=O) groups excluding carboxylic acids is 2. The fourth-order valence-electron chi connectivity index (χ4n) is 1.60. The van der Waals surface area contributed by atoms with E-state index in [-0.39, 0.29) is 18.2 Å². The number of carbonyl (C=O) groups is 2. The fraction of sp³-hybridized carbons (Fsp3) is 0.273. The maximum Gasteiger partial charge on any atom is 0.308 e. The van der Waals surface area contributed by atoms with Gasteiger partial charge in [0.25, 0.3) is 0 Å². The van der Waals surface area contributed by atoms with Gasteiger partial charge in [0, 0.05) is 19.1 Å². The minimum absolute atomic E-state index is 0.171. The van der Waals surface area contributed by atoms with Gasteiger partial charge in [-0.2, -0.15) is 0 Å². The average molecular weight is 319 g/mol. The van der Waals surface area contributed by atoms with Gasteiger partial charge in [-0.15, -0.1) is 0 Å². The number of nitrogens with zero attached hydrogens (tertiary/aromatic N) is 2. The number of hydrogen-bond donors (Lipinski definition) is 0. The van der Waals surface area contributed by atoms with Crippen LogP contribution in [0.15, 0.2) is 24.3 Å². The normalized spacial score (nSPS) is 18.7. The first kappa shape index (κ1) is 14.3. The maximum absolute atomic E-state index is 11.7. The monoisotopic (exact) mass is 318 g/mol. The lowest BCUT2D eigenvalue weighted by Gasteiger charge is -2.40. The van der Waals surface area contributed by atoms with E-state index in [1.165, 1.54) is 9.34 Å². The molecule has 1 saturated heterocycles. The zero-order chi connectivity index (χ0) is 14.2. The summed E-state index contributed by atoms with van der Waals surface area (Å²) in [5.74, 6) is -0.158. The van der Waals surface area contributed by atoms with Crippen LogP contribution in [-0.4, -0.2) is 35.3 Å². The Morgan fingerprint density at radius 2 is 1.63 bits per heavy atom. The number of amides is 2. The Labute approximate surface area is 121 Å². The van der Waals surface area contributed by atoms with Gasteiger partial charge >= 0.3 is 6.57 Å². The van der Waals surface area contributed by atoms with Crippen LogP contribution in [0.5, 0.6) is 5.75 Å². The summed E-state index contributed by atoms with van der Waals surface area (Å²) in [6.45, 7) is -2.89. The topological polar surface area (TPSA) is 49.9 Å². The Bertz CT molecular complexity index is 554. The third kappa shape index (κ3) is 2.61. The van der Waals surface area contributed by atoms with Gasteiger partial charge in [-0.05, 0) is 36.1 Å². The summed E-state index contributed by atoms with van der Waals surface area (Å²) in [4.78, 5) is 23.5. The third-order valence-electron chi connectivity index (χ3n) is 2.82. The minimum Gasteiger partial charge on any atom is -0.433 e. The first-order chi connectivity index (χ1) is 8.84. The molecule has 8 heteroatoms. The van der Waals surface area contributed by atoms with Gasteiger partial charge in [0.05, 0.1) is 0 Å². The second-order valence-electron chi connectivity index (χ2n) is 4.05. The lowest BCUT2D eigenvalue weighted by molar-refractivity contribution is -0.137. The predicted octanol–water partition coefficient (Wildman–Crippen LogP) is 2.26. The van der Waals surface area contributed by atoms with E-state index < -0.39 is 6.57 Å². The van der Waals surface area contributed by atoms with E-state index in [0.29, 0.717) is 10.8 Å². The van der Waals surface area contributed by atoms with Crippen molar-refractivity contribution in [1.82, 2.24) is 9.34 Å². The van der Waals surface area contributed by atoms with Gasteiger partial charge in [0.1, 0.15) is 12.2 Å². The highest BCUT2D eigenvalue weighted by Gasteiger charge is 2.42. The minimum atomic E-state index is -2.89. The van der Waals surface area contributed by atoms with Gasteiger partial charge in [0.2, 0.25) is 11.8 Å². The highest BCUT2D eigenvalue weighted by atomic mass is 35.5. The molecule has 1 heterocycles. The molecular formula is C11H12ClN2O3PS. The molecule has 0 bridgehead atoms. The van der Waals surface area contributed by atoms with E-state index in [4.69, 9.17) is 27.9 Å². The standard InChI is InChI=1S/C11H12ClN2O3PS/c1-13-10(15)7-11(16)14(2)18(13,19)17-9-5-3-8(12)4-6-9/h3-6H,7H2,1-2H3. The molecule has 1 fully saturated rings. The van der Waals surface area contributed by atoms with E-state index in [0.717, 1.165) is 0 Å². The van der Waals surface area contributed by atoms with Crippen molar-refractivity contribution in [2.45, 2.75) is 6.42 Å². The van der Waals surface area contributed by atoms with E-state index in [1.54, 1.807) is 38.4 Å². The summed E-state index contributed by atoms with van der Waals surface area (Å²) < 4.78 is 8.43. The molecule has 2 rings (SSSR count). The Kier molecular flexibility index (Phi) is 3.85. The van der Waals surface area contributed by atoms with Crippen molar-refractivity contribution in [2.75, 3.05) is 14.1 Å². The van der Waals surface area contributed by atoms with Crippen molar-refractivity contribution in [3.63, 3.8) is 0 Å². The average Bonchev–Trinajstić information content (AvgIpc) is 2.37. The van der Waals surface area contributed by atoms with E-state index >= 15 is 0 Å². The molecule has 5 nitrogen and oxygen atoms in total. The van der Waals surface area contributed by atoms with E-state index in [2.05, 4.69) is 0 Å². The van der Waals surface area contributed by atoms with Crippen LogP contribution >= 0.6 is 18.2 Å². The van der Waals surface area contributed by atoms with Crippen molar-refractivity contribution in [2.24, 2.45) is 0 Å². The molecule has 0 unspecified atom stereocenters. The highest BCUT2D eigenvalue weighted by Crippen LogP contribution is 2.55. The second-order valence-corrected chi connectivity index (χ2v) is 8.27. The van der Waals surface area contributed by atoms with E-state index in [9.17, 15) is 9.59 Å². The summed E-state index contributed by atoms with van der Waals surface area (Å²) in [6, 6.07) is 6.63. The Morgan fingerprint density at radius 1 is 1.16 bits per heavy atom. The van der Waals surface area contributed by atoms with Gasteiger partial charge in [-0.3, -0.25) is 18.9 Å². The zero-order valence-electron chi connectivity index (χ0n) is 10.4. The molecule has 0 radical (unpaired) electrons. The van der Waals surface area contributed by atoms with Crippen LogP contribution < -0.4 is 4.52 Å². The largest absolute Gasteiger partial charge is 0.433 e. The summed E-state index contributed by atoms with van der Waals surface area (Å²) >= 11 is 11.2. The van der Waals surface area contributed by atoms with Crippen molar-refractivity contribution in [1.29, 1.82) is 0 Å². The number of benzene rings is 1. The van der Waals surface area contributed by atoms with Crippen molar-refractivity contribution >= 4 is 41.8 Å². The summed E-state index contributed by atoms with van der Waals surface area (Å²) in [5.41, 5.74) is 0. The van der Waals surface area contributed by atoms with Crippen LogP contribution in [0.2, 0.25) is 5.02 Å². The molecule has 1 aliphatic rings. The Balaban J connectivity index is 2.33. The van der Waals surface area contributed by atoms with Crippen LogP contribution in [0.4, 0.5) is 0 Å². The number of rotatable bonds is 2. The SMILES string of the molecule is CN1C(=O)CC(=O)N(C)P1(=S)Oc1ccc(Cl)cc1. The first-order valence-corrected chi connectivity index (χ1v) is 8.44. The maximum atomic E-state index is 11.7. The smallest absolute Gasteiger partial charge is 0.308 e. The lowest BCUT2D eigenvalue weighted by atomic mass is 10.3. The molecule has 1 aliphatic heterocycles. The second kappa shape index (κ2) is 5.12. The van der Waals surface area contributed by atoms with Crippen molar-refractivity contribution in [3.05, 3.63) is 29.3 Å². The van der Waals surface area contributed by atoms with Crippen molar-refractivity contribution < 1.29 is 14.1 Å². The molecule has 1 aromatic rings. The Hall–Kier alpha value is -1.10. The molecule has 2 amide bonds. The van der Waals surface area contributed by atoms with Crippen LogP contribution in [0, 0.1) is 0 Å². The Morgan fingerprint density at radius 3 is 2.11 bits per heavy atom. The zero-order valence-corrected chi connectivity index (χ0v) is 12.8. The molecule has 0 atom stereocenters. The molecule has 0 N–H and O–H groups in total. The molecular weight excluding hydrogens is 307 g/mol. The van der Waals surface area contributed by atoms with E-state index in [1.807, 2.05) is 0 Å².